The first-order chi connectivity index (χ1) is 31.2. The molecule has 0 saturated heterocycles. The molecule has 0 aliphatic heterocycles. The lowest BCUT2D eigenvalue weighted by Crippen LogP contribution is -2.00. The van der Waals surface area contributed by atoms with E-state index in [0.717, 1.165) is 88.1 Å². The number of furan rings is 2. The van der Waals surface area contributed by atoms with E-state index in [2.05, 4.69) is 138 Å². The summed E-state index contributed by atoms with van der Waals surface area (Å²) in [5, 5.41) is 13.6. The highest BCUT2D eigenvalue weighted by atomic mass is 16.3. The van der Waals surface area contributed by atoms with Gasteiger partial charge in [0.15, 0.2) is 17.5 Å². The molecule has 0 N–H and O–H groups in total. The summed E-state index contributed by atoms with van der Waals surface area (Å²) < 4.78 is 15.8. The van der Waals surface area contributed by atoms with Crippen LogP contribution in [0, 0.1) is 0 Å². The van der Waals surface area contributed by atoms with Gasteiger partial charge in [-0.15, -0.1) is 0 Å². The number of nitrogens with zero attached hydrogens (tertiary/aromatic N) is 4. The molecule has 0 amide bonds. The fourth-order valence-corrected chi connectivity index (χ4v) is 9.82. The van der Waals surface area contributed by atoms with Gasteiger partial charge in [0.05, 0.1) is 22.3 Å². The Labute approximate surface area is 358 Å². The minimum absolute atomic E-state index is 0.538. The molecule has 292 valence electrons. The van der Waals surface area contributed by atoms with Crippen LogP contribution in [0.2, 0.25) is 0 Å². The second-order valence-electron chi connectivity index (χ2n) is 16.4. The van der Waals surface area contributed by atoms with Gasteiger partial charge in [-0.25, -0.2) is 15.0 Å². The van der Waals surface area contributed by atoms with Crippen LogP contribution in [0.3, 0.4) is 0 Å². The van der Waals surface area contributed by atoms with E-state index in [9.17, 15) is 0 Å². The maximum Gasteiger partial charge on any atom is 0.167 e. The van der Waals surface area contributed by atoms with Crippen LogP contribution in [-0.2, 0) is 0 Å². The van der Waals surface area contributed by atoms with Crippen LogP contribution < -0.4 is 0 Å². The van der Waals surface area contributed by atoms with Crippen LogP contribution in [0.4, 0.5) is 0 Å². The number of fused-ring (bicyclic) bond motifs is 13. The normalized spacial score (nSPS) is 12.1. The van der Waals surface area contributed by atoms with Gasteiger partial charge in [-0.2, -0.15) is 0 Å². The quantitative estimate of drug-likeness (QED) is 0.177. The summed E-state index contributed by atoms with van der Waals surface area (Å²) in [4.78, 5) is 15.3. The van der Waals surface area contributed by atoms with Crippen LogP contribution in [-0.4, -0.2) is 19.5 Å². The zero-order chi connectivity index (χ0) is 41.2. The maximum atomic E-state index is 6.92. The fourth-order valence-electron chi connectivity index (χ4n) is 9.82. The van der Waals surface area contributed by atoms with Crippen molar-refractivity contribution in [1.29, 1.82) is 0 Å². The second-order valence-corrected chi connectivity index (χ2v) is 16.4. The Morgan fingerprint density at radius 1 is 0.317 bits per heavy atom. The van der Waals surface area contributed by atoms with Gasteiger partial charge in [-0.1, -0.05) is 140 Å². The van der Waals surface area contributed by atoms with Crippen LogP contribution in [0.15, 0.2) is 203 Å². The summed E-state index contributed by atoms with van der Waals surface area (Å²) in [5.41, 5.74) is 9.12. The molecule has 14 rings (SSSR count). The molecule has 63 heavy (non-hydrogen) atoms. The molecule has 0 aliphatic carbocycles. The summed E-state index contributed by atoms with van der Waals surface area (Å²) in [5.74, 6) is 1.66. The topological polar surface area (TPSA) is 69.9 Å². The lowest BCUT2D eigenvalue weighted by atomic mass is 10.0. The van der Waals surface area contributed by atoms with E-state index < -0.39 is 0 Å². The molecule has 0 atom stereocenters. The molecule has 0 fully saturated rings. The molecule has 0 bridgehead atoms. The SMILES string of the molecule is c1ccc(-c2nc(-c3ccc4c(c3)oc3c5ccccc5c(-n5c6cc7ccccc7cc6c6cc7ccccc7cc65)cc43)nc(-c3cccc4c3oc3ccccc34)n2)cc1. The van der Waals surface area contributed by atoms with E-state index in [-0.39, 0.29) is 0 Å². The molecular formula is C57H32N4O2. The van der Waals surface area contributed by atoms with Crippen molar-refractivity contribution >= 4 is 98.0 Å². The van der Waals surface area contributed by atoms with Gasteiger partial charge in [0.25, 0.3) is 0 Å². The number of para-hydroxylation sites is 2. The Hall–Kier alpha value is -8.61. The molecule has 6 nitrogen and oxygen atoms in total. The van der Waals surface area contributed by atoms with Crippen molar-refractivity contribution in [2.45, 2.75) is 0 Å². The average molecular weight is 805 g/mol. The number of aromatic nitrogens is 4. The number of rotatable bonds is 4. The molecule has 14 aromatic rings. The smallest absolute Gasteiger partial charge is 0.167 e. The first-order valence-electron chi connectivity index (χ1n) is 21.2. The highest BCUT2D eigenvalue weighted by Gasteiger charge is 2.22. The molecule has 0 unspecified atom stereocenters. The largest absolute Gasteiger partial charge is 0.455 e. The molecule has 4 heterocycles. The standard InChI is InChI=1S/C57H32N4O2/c1-2-13-33(14-3-1)55-58-56(60-57(59-55)44-23-12-22-43-40-20-10-11-24-51(40)62-53(43)44)38-25-26-41-47-32-50(39-19-8-9-21-42(39)54(47)63-52(41)31-38)61-48-29-36-17-6-4-15-34(36)27-45(48)46-28-35-16-5-7-18-37(35)30-49(46)61/h1-32H. The Morgan fingerprint density at radius 2 is 0.857 bits per heavy atom. The van der Waals surface area contributed by atoms with Gasteiger partial charge in [-0.05, 0) is 76.1 Å². The van der Waals surface area contributed by atoms with E-state index in [1.165, 1.54) is 32.3 Å². The zero-order valence-corrected chi connectivity index (χ0v) is 33.6. The van der Waals surface area contributed by atoms with E-state index in [0.29, 0.717) is 17.5 Å². The Balaban J connectivity index is 0.999. The molecule has 0 saturated carbocycles. The zero-order valence-electron chi connectivity index (χ0n) is 33.6. The number of hydrogen-bond donors (Lipinski definition) is 0. The summed E-state index contributed by atoms with van der Waals surface area (Å²) in [7, 11) is 0. The van der Waals surface area contributed by atoms with E-state index in [4.69, 9.17) is 23.8 Å². The first kappa shape index (κ1) is 34.1. The van der Waals surface area contributed by atoms with Crippen molar-refractivity contribution in [2.24, 2.45) is 0 Å². The van der Waals surface area contributed by atoms with Crippen LogP contribution >= 0.6 is 0 Å². The molecule has 0 aliphatic rings. The molecule has 0 spiro atoms. The van der Waals surface area contributed by atoms with Gasteiger partial charge < -0.3 is 13.4 Å². The van der Waals surface area contributed by atoms with E-state index >= 15 is 0 Å². The molecule has 4 aromatic heterocycles. The Kier molecular flexibility index (Phi) is 7.02. The van der Waals surface area contributed by atoms with Crippen molar-refractivity contribution in [3.8, 4) is 39.9 Å². The fraction of sp³-hybridized carbons (Fsp3) is 0. The third kappa shape index (κ3) is 5.09. The number of hydrogen-bond acceptors (Lipinski definition) is 5. The lowest BCUT2D eigenvalue weighted by molar-refractivity contribution is 0.669. The molecule has 6 heteroatoms. The van der Waals surface area contributed by atoms with Gasteiger partial charge >= 0.3 is 0 Å². The van der Waals surface area contributed by atoms with Crippen molar-refractivity contribution in [3.63, 3.8) is 0 Å². The van der Waals surface area contributed by atoms with Crippen molar-refractivity contribution in [3.05, 3.63) is 194 Å². The molecule has 0 radical (unpaired) electrons. The van der Waals surface area contributed by atoms with Crippen LogP contribution in [0.1, 0.15) is 0 Å². The van der Waals surface area contributed by atoms with Crippen LogP contribution in [0.25, 0.3) is 138 Å². The third-order valence-electron chi connectivity index (χ3n) is 12.8. The summed E-state index contributed by atoms with van der Waals surface area (Å²) in [6, 6.07) is 68.2. The predicted molar refractivity (Wildman–Crippen MR) is 258 cm³/mol. The van der Waals surface area contributed by atoms with Crippen molar-refractivity contribution in [2.75, 3.05) is 0 Å². The summed E-state index contributed by atoms with van der Waals surface area (Å²) in [6.45, 7) is 0. The maximum absolute atomic E-state index is 6.92. The molecular weight excluding hydrogens is 773 g/mol. The van der Waals surface area contributed by atoms with Gasteiger partial charge in [0, 0.05) is 54.2 Å². The predicted octanol–water partition coefficient (Wildman–Crippen LogP) is 15.2. The van der Waals surface area contributed by atoms with Gasteiger partial charge in [0.2, 0.25) is 0 Å². The minimum atomic E-state index is 0.538. The first-order valence-corrected chi connectivity index (χ1v) is 21.2. The van der Waals surface area contributed by atoms with Gasteiger partial charge in [-0.3, -0.25) is 0 Å². The van der Waals surface area contributed by atoms with Crippen LogP contribution in [0.5, 0.6) is 0 Å². The van der Waals surface area contributed by atoms with E-state index in [1.54, 1.807) is 0 Å². The monoisotopic (exact) mass is 804 g/mol. The Morgan fingerprint density at radius 3 is 1.59 bits per heavy atom. The number of benzene rings is 10. The second kappa shape index (κ2) is 12.9. The van der Waals surface area contributed by atoms with Crippen molar-refractivity contribution in [1.82, 2.24) is 19.5 Å². The lowest BCUT2D eigenvalue weighted by Gasteiger charge is -2.13. The van der Waals surface area contributed by atoms with E-state index in [1.807, 2.05) is 60.7 Å². The molecule has 10 aromatic carbocycles. The van der Waals surface area contributed by atoms with Crippen molar-refractivity contribution < 1.29 is 8.83 Å². The highest BCUT2D eigenvalue weighted by Crippen LogP contribution is 2.43. The minimum Gasteiger partial charge on any atom is -0.455 e. The highest BCUT2D eigenvalue weighted by molar-refractivity contribution is 6.21. The summed E-state index contributed by atoms with van der Waals surface area (Å²) in [6.07, 6.45) is 0. The van der Waals surface area contributed by atoms with Gasteiger partial charge in [0.1, 0.15) is 22.3 Å². The average Bonchev–Trinajstić information content (AvgIpc) is 4.01. The Bertz CT molecular complexity index is 4120. The third-order valence-corrected chi connectivity index (χ3v) is 12.8. The summed E-state index contributed by atoms with van der Waals surface area (Å²) >= 11 is 0.